The Morgan fingerprint density at radius 3 is 2.15 bits per heavy atom. The maximum atomic E-state index is 13.2. The molecule has 2 heterocycles. The Hall–Kier alpha value is -3.75. The van der Waals surface area contributed by atoms with Gasteiger partial charge in [-0.25, -0.2) is 10.4 Å². The van der Waals surface area contributed by atoms with E-state index in [2.05, 4.69) is 15.5 Å². The number of hydrogen-bond donors (Lipinski definition) is 1. The van der Waals surface area contributed by atoms with Gasteiger partial charge in [-0.2, -0.15) is 0 Å². The summed E-state index contributed by atoms with van der Waals surface area (Å²) in [6.07, 6.45) is 0. The van der Waals surface area contributed by atoms with E-state index in [1.165, 1.54) is 28.0 Å². The molecule has 1 aliphatic heterocycles. The van der Waals surface area contributed by atoms with Crippen LogP contribution in [0.3, 0.4) is 0 Å². The molecular formula is C25H18N4O2S2. The van der Waals surface area contributed by atoms with Gasteiger partial charge >= 0.3 is 0 Å². The van der Waals surface area contributed by atoms with Gasteiger partial charge in [0.05, 0.1) is 16.3 Å². The molecule has 4 aromatic rings. The van der Waals surface area contributed by atoms with Crippen molar-refractivity contribution in [2.45, 2.75) is 0 Å². The third kappa shape index (κ3) is 4.44. The zero-order valence-electron chi connectivity index (χ0n) is 17.3. The van der Waals surface area contributed by atoms with Gasteiger partial charge in [-0.1, -0.05) is 90.6 Å². The highest BCUT2D eigenvalue weighted by Crippen LogP contribution is 2.35. The second-order valence-electron chi connectivity index (χ2n) is 7.12. The average Bonchev–Trinajstić information content (AvgIpc) is 3.48. The summed E-state index contributed by atoms with van der Waals surface area (Å²) in [5, 5.41) is 5.46. The van der Waals surface area contributed by atoms with Gasteiger partial charge in [0.25, 0.3) is 5.91 Å². The van der Waals surface area contributed by atoms with Crippen molar-refractivity contribution in [3.05, 3.63) is 96.7 Å². The Balaban J connectivity index is 1.47. The maximum absolute atomic E-state index is 13.2. The van der Waals surface area contributed by atoms with Gasteiger partial charge < -0.3 is 0 Å². The van der Waals surface area contributed by atoms with Crippen LogP contribution in [-0.4, -0.2) is 27.7 Å². The molecule has 0 aliphatic carbocycles. The molecule has 1 fully saturated rings. The normalized spacial score (nSPS) is 14.6. The number of rotatable bonds is 5. The van der Waals surface area contributed by atoms with Gasteiger partial charge in [-0.15, -0.1) is 16.4 Å². The highest BCUT2D eigenvalue weighted by molar-refractivity contribution is 8.15. The average molecular weight is 471 g/mol. The van der Waals surface area contributed by atoms with Gasteiger partial charge in [-0.3, -0.25) is 14.5 Å². The van der Waals surface area contributed by atoms with Crippen LogP contribution in [0.4, 0.5) is 5.69 Å². The minimum absolute atomic E-state index is 0.0794. The third-order valence-electron chi connectivity index (χ3n) is 4.93. The number of thiazole rings is 1. The summed E-state index contributed by atoms with van der Waals surface area (Å²) in [6, 6.07) is 28.7. The van der Waals surface area contributed by atoms with Gasteiger partial charge in [0.1, 0.15) is 10.7 Å². The van der Waals surface area contributed by atoms with Gasteiger partial charge in [0.15, 0.2) is 5.17 Å². The van der Waals surface area contributed by atoms with Crippen molar-refractivity contribution < 1.29 is 9.59 Å². The van der Waals surface area contributed by atoms with Crippen molar-refractivity contribution in [2.75, 3.05) is 10.7 Å². The number of nitrogens with zero attached hydrogens (tertiary/aromatic N) is 3. The molecule has 1 aromatic heterocycles. The SMILES string of the molecule is O=C(N/N=C1\SCC(=O)N1c1ccccc1)c1nc(-c2ccccc2)sc1-c1ccccc1. The Morgan fingerprint density at radius 1 is 0.879 bits per heavy atom. The number of aromatic nitrogens is 1. The first kappa shape index (κ1) is 21.1. The van der Waals surface area contributed by atoms with Crippen LogP contribution in [-0.2, 0) is 4.79 Å². The lowest BCUT2D eigenvalue weighted by Crippen LogP contribution is -2.31. The predicted octanol–water partition coefficient (Wildman–Crippen LogP) is 5.26. The number of hydrazone groups is 1. The molecule has 1 N–H and O–H groups in total. The van der Waals surface area contributed by atoms with Gasteiger partial charge in [0, 0.05) is 5.56 Å². The fourth-order valence-corrected chi connectivity index (χ4v) is 5.29. The molecule has 8 heteroatoms. The largest absolute Gasteiger partial charge is 0.291 e. The molecule has 0 saturated carbocycles. The standard InChI is InChI=1S/C25H18N4O2S2/c30-20-16-32-25(29(20)19-14-8-3-9-15-19)28-27-23(31)21-22(17-10-4-1-5-11-17)33-24(26-21)18-12-6-2-7-13-18/h1-15H,16H2,(H,27,31)/b28-25-. The molecule has 0 spiro atoms. The van der Waals surface area contributed by atoms with Gasteiger partial charge in [-0.05, 0) is 17.7 Å². The minimum Gasteiger partial charge on any atom is -0.273 e. The summed E-state index contributed by atoms with van der Waals surface area (Å²) in [6.45, 7) is 0. The molecule has 1 saturated heterocycles. The fourth-order valence-electron chi connectivity index (χ4n) is 3.39. The van der Waals surface area contributed by atoms with E-state index in [0.29, 0.717) is 16.5 Å². The zero-order valence-corrected chi connectivity index (χ0v) is 19.0. The van der Waals surface area contributed by atoms with E-state index < -0.39 is 5.91 Å². The highest BCUT2D eigenvalue weighted by atomic mass is 32.2. The van der Waals surface area contributed by atoms with Crippen molar-refractivity contribution in [1.82, 2.24) is 10.4 Å². The summed E-state index contributed by atoms with van der Waals surface area (Å²) in [7, 11) is 0. The lowest BCUT2D eigenvalue weighted by molar-refractivity contribution is -0.115. The molecule has 2 amide bonds. The number of amides is 2. The zero-order chi connectivity index (χ0) is 22.6. The molecule has 33 heavy (non-hydrogen) atoms. The highest BCUT2D eigenvalue weighted by Gasteiger charge is 2.30. The molecular weight excluding hydrogens is 452 g/mol. The number of para-hydroxylation sites is 1. The Morgan fingerprint density at radius 2 is 1.48 bits per heavy atom. The topological polar surface area (TPSA) is 74.7 Å². The van der Waals surface area contributed by atoms with Crippen LogP contribution in [0.25, 0.3) is 21.0 Å². The minimum atomic E-state index is -0.423. The third-order valence-corrected chi connectivity index (χ3v) is 7.01. The number of nitrogens with one attached hydrogen (secondary N) is 1. The van der Waals surface area contributed by atoms with E-state index >= 15 is 0 Å². The van der Waals surface area contributed by atoms with Crippen LogP contribution in [0.15, 0.2) is 96.1 Å². The van der Waals surface area contributed by atoms with Crippen molar-refractivity contribution >= 4 is 45.8 Å². The number of anilines is 1. The van der Waals surface area contributed by atoms with E-state index in [1.54, 1.807) is 0 Å². The number of hydrogen-bond acceptors (Lipinski definition) is 6. The monoisotopic (exact) mass is 470 g/mol. The molecule has 5 rings (SSSR count). The second-order valence-corrected chi connectivity index (χ2v) is 9.06. The Labute approximate surface area is 199 Å². The number of thioether (sulfide) groups is 1. The predicted molar refractivity (Wildman–Crippen MR) is 134 cm³/mol. The van der Waals surface area contributed by atoms with Crippen LogP contribution in [0.1, 0.15) is 10.5 Å². The van der Waals surface area contributed by atoms with E-state index in [1.807, 2.05) is 91.0 Å². The van der Waals surface area contributed by atoms with Crippen LogP contribution < -0.4 is 10.3 Å². The fraction of sp³-hybridized carbons (Fsp3) is 0.0400. The van der Waals surface area contributed by atoms with Crippen LogP contribution in [0.2, 0.25) is 0 Å². The first-order valence-corrected chi connectivity index (χ1v) is 12.0. The second kappa shape index (κ2) is 9.40. The summed E-state index contributed by atoms with van der Waals surface area (Å²) in [5.41, 5.74) is 5.48. The molecule has 0 bridgehead atoms. The summed E-state index contributed by atoms with van der Waals surface area (Å²) in [4.78, 5) is 32.5. The molecule has 3 aromatic carbocycles. The molecule has 0 atom stereocenters. The first-order chi connectivity index (χ1) is 16.2. The summed E-state index contributed by atoms with van der Waals surface area (Å²) in [5.74, 6) is -0.231. The van der Waals surface area contributed by atoms with Crippen molar-refractivity contribution in [2.24, 2.45) is 5.10 Å². The van der Waals surface area contributed by atoms with E-state index in [4.69, 9.17) is 0 Å². The Bertz CT molecular complexity index is 1320. The first-order valence-electron chi connectivity index (χ1n) is 10.2. The molecule has 162 valence electrons. The molecule has 0 radical (unpaired) electrons. The lowest BCUT2D eigenvalue weighted by atomic mass is 10.1. The van der Waals surface area contributed by atoms with Crippen molar-refractivity contribution in [1.29, 1.82) is 0 Å². The van der Waals surface area contributed by atoms with E-state index in [9.17, 15) is 9.59 Å². The van der Waals surface area contributed by atoms with Crippen molar-refractivity contribution in [3.63, 3.8) is 0 Å². The van der Waals surface area contributed by atoms with Crippen LogP contribution >= 0.6 is 23.1 Å². The Kier molecular flexibility index (Phi) is 6.01. The smallest absolute Gasteiger partial charge is 0.273 e. The number of carbonyl (C=O) groups is 2. The van der Waals surface area contributed by atoms with Crippen molar-refractivity contribution in [3.8, 4) is 21.0 Å². The lowest BCUT2D eigenvalue weighted by Gasteiger charge is -2.15. The summed E-state index contributed by atoms with van der Waals surface area (Å²) >= 11 is 2.75. The maximum Gasteiger partial charge on any atom is 0.291 e. The molecule has 0 unspecified atom stereocenters. The van der Waals surface area contributed by atoms with E-state index in [-0.39, 0.29) is 11.7 Å². The van der Waals surface area contributed by atoms with Crippen LogP contribution in [0.5, 0.6) is 0 Å². The van der Waals surface area contributed by atoms with E-state index in [0.717, 1.165) is 21.0 Å². The number of amidine groups is 1. The number of carbonyl (C=O) groups excluding carboxylic acids is 2. The molecule has 6 nitrogen and oxygen atoms in total. The van der Waals surface area contributed by atoms with Gasteiger partial charge in [0.2, 0.25) is 5.91 Å². The molecule has 1 aliphatic rings. The quantitative estimate of drug-likeness (QED) is 0.404. The van der Waals surface area contributed by atoms with Crippen LogP contribution in [0, 0.1) is 0 Å². The summed E-state index contributed by atoms with van der Waals surface area (Å²) < 4.78 is 0. The number of benzene rings is 3.